The molecule has 50 heavy (non-hydrogen) atoms. The first kappa shape index (κ1) is 46.3. The van der Waals surface area contributed by atoms with Gasteiger partial charge >= 0.3 is 0 Å². The minimum absolute atomic E-state index is 0.0482. The molecule has 0 bridgehead atoms. The van der Waals surface area contributed by atoms with E-state index in [1.54, 1.807) is 4.90 Å². The fourth-order valence-corrected chi connectivity index (χ4v) is 7.31. The Morgan fingerprint density at radius 3 is 1.60 bits per heavy atom. The zero-order valence-corrected chi connectivity index (χ0v) is 33.7. The van der Waals surface area contributed by atoms with Crippen LogP contribution in [-0.4, -0.2) is 115 Å². The van der Waals surface area contributed by atoms with E-state index in [1.807, 2.05) is 4.90 Å². The molecule has 1 heterocycles. The van der Waals surface area contributed by atoms with Gasteiger partial charge in [0.25, 0.3) is 0 Å². The van der Waals surface area contributed by atoms with Crippen LogP contribution in [-0.2, 0) is 14.4 Å². The van der Waals surface area contributed by atoms with Crippen LogP contribution < -0.4 is 11.1 Å². The third-order valence-corrected chi connectivity index (χ3v) is 10.9. The Kier molecular flexibility index (Phi) is 28.6. The molecule has 3 N–H and O–H groups in total. The van der Waals surface area contributed by atoms with E-state index in [0.29, 0.717) is 45.4 Å². The fraction of sp³-hybridized carbons (Fsp3) is 0.927. The van der Waals surface area contributed by atoms with E-state index in [4.69, 9.17) is 5.73 Å². The average molecular weight is 707 g/mol. The van der Waals surface area contributed by atoms with Gasteiger partial charge in [0.15, 0.2) is 0 Å². The summed E-state index contributed by atoms with van der Waals surface area (Å²) in [5.41, 5.74) is 5.78. The lowest BCUT2D eigenvalue weighted by atomic mass is 10.0. The third-order valence-electron chi connectivity index (χ3n) is 10.9. The lowest BCUT2D eigenvalue weighted by Gasteiger charge is -2.34. The molecule has 9 heteroatoms. The summed E-state index contributed by atoms with van der Waals surface area (Å²) in [6, 6.07) is -1.06. The van der Waals surface area contributed by atoms with Gasteiger partial charge in [0.1, 0.15) is 12.1 Å². The number of likely N-dealkylation sites (tertiary alicyclic amines) is 1. The average Bonchev–Trinajstić information content (AvgIpc) is 3.62. The number of amides is 3. The maximum atomic E-state index is 14.1. The van der Waals surface area contributed by atoms with Crippen molar-refractivity contribution in [1.82, 2.24) is 24.9 Å². The summed E-state index contributed by atoms with van der Waals surface area (Å²) in [6.45, 7) is 18.8. The van der Waals surface area contributed by atoms with Crippen LogP contribution in [0.25, 0.3) is 0 Å². The number of rotatable bonds is 33. The van der Waals surface area contributed by atoms with Crippen LogP contribution in [0.2, 0.25) is 0 Å². The van der Waals surface area contributed by atoms with E-state index < -0.39 is 12.1 Å². The maximum Gasteiger partial charge on any atom is 0.245 e. The maximum absolute atomic E-state index is 14.1. The molecule has 0 saturated carbocycles. The molecule has 1 aliphatic rings. The van der Waals surface area contributed by atoms with E-state index in [9.17, 15) is 14.4 Å². The second-order valence-corrected chi connectivity index (χ2v) is 14.7. The Hall–Kier alpha value is -1.71. The Bertz CT molecular complexity index is 834. The van der Waals surface area contributed by atoms with Crippen LogP contribution in [0.5, 0.6) is 0 Å². The SMILES string of the molecule is CCCCCCCCCCCCCCCCCC(=O)NC(CCCCN)C(=O)N1CCCC1C(=O)N(CCN(CC)CC)CCN(CC)CC. The van der Waals surface area contributed by atoms with Crippen molar-refractivity contribution in [2.24, 2.45) is 5.73 Å². The van der Waals surface area contributed by atoms with Gasteiger partial charge in [-0.05, 0) is 71.2 Å². The number of carbonyl (C=O) groups is 3. The standard InChI is InChI=1S/C41H82N6O3/c1-6-11-12-13-14-15-16-17-18-19-20-21-22-23-24-30-39(48)43-37(28-25-26-31-42)40(49)47-32-27-29-38(47)41(50)46(35-33-44(7-2)8-3)36-34-45(9-4)10-5/h37-38H,6-36,42H2,1-5H3,(H,43,48). The molecule has 1 saturated heterocycles. The van der Waals surface area contributed by atoms with Gasteiger partial charge in [-0.2, -0.15) is 0 Å². The number of nitrogens with one attached hydrogen (secondary N) is 1. The van der Waals surface area contributed by atoms with E-state index in [1.165, 1.54) is 83.5 Å². The summed E-state index contributed by atoms with van der Waals surface area (Å²) in [5.74, 6) is -0.0944. The van der Waals surface area contributed by atoms with Gasteiger partial charge in [0.05, 0.1) is 0 Å². The molecule has 0 aromatic heterocycles. The Morgan fingerprint density at radius 1 is 0.660 bits per heavy atom. The highest BCUT2D eigenvalue weighted by atomic mass is 16.2. The molecule has 294 valence electrons. The van der Waals surface area contributed by atoms with Crippen molar-refractivity contribution in [2.75, 3.05) is 65.4 Å². The van der Waals surface area contributed by atoms with Crippen LogP contribution >= 0.6 is 0 Å². The van der Waals surface area contributed by atoms with Gasteiger partial charge < -0.3 is 30.7 Å². The van der Waals surface area contributed by atoms with Crippen LogP contribution in [0, 0.1) is 0 Å². The van der Waals surface area contributed by atoms with E-state index in [2.05, 4.69) is 49.7 Å². The first-order chi connectivity index (χ1) is 24.4. The molecule has 0 aromatic rings. The van der Waals surface area contributed by atoms with Gasteiger partial charge in [-0.3, -0.25) is 14.4 Å². The summed E-state index contributed by atoms with van der Waals surface area (Å²) < 4.78 is 0. The summed E-state index contributed by atoms with van der Waals surface area (Å²) in [6.07, 6.45) is 23.5. The minimum Gasteiger partial charge on any atom is -0.344 e. The van der Waals surface area contributed by atoms with E-state index in [0.717, 1.165) is 71.4 Å². The van der Waals surface area contributed by atoms with Crippen molar-refractivity contribution >= 4 is 17.7 Å². The van der Waals surface area contributed by atoms with Crippen LogP contribution in [0.4, 0.5) is 0 Å². The molecule has 1 rings (SSSR count). The number of carbonyl (C=O) groups excluding carboxylic acids is 3. The summed E-state index contributed by atoms with van der Waals surface area (Å²) in [7, 11) is 0. The molecule has 0 spiro atoms. The smallest absolute Gasteiger partial charge is 0.245 e. The van der Waals surface area contributed by atoms with Gasteiger partial charge in [0.2, 0.25) is 17.7 Å². The van der Waals surface area contributed by atoms with E-state index in [-0.39, 0.29) is 17.7 Å². The van der Waals surface area contributed by atoms with Crippen LogP contribution in [0.3, 0.4) is 0 Å². The number of hydrogen-bond acceptors (Lipinski definition) is 6. The number of likely N-dealkylation sites (N-methyl/N-ethyl adjacent to an activating group) is 2. The predicted molar refractivity (Wildman–Crippen MR) is 211 cm³/mol. The monoisotopic (exact) mass is 707 g/mol. The van der Waals surface area contributed by atoms with Crippen molar-refractivity contribution in [1.29, 1.82) is 0 Å². The number of nitrogens with two attached hydrogens (primary N) is 1. The largest absolute Gasteiger partial charge is 0.344 e. The summed E-state index contributed by atoms with van der Waals surface area (Å²) in [4.78, 5) is 49.7. The van der Waals surface area contributed by atoms with Crippen molar-refractivity contribution in [3.05, 3.63) is 0 Å². The highest BCUT2D eigenvalue weighted by Crippen LogP contribution is 2.22. The quantitative estimate of drug-likeness (QED) is 0.0692. The van der Waals surface area contributed by atoms with Gasteiger partial charge in [-0.1, -0.05) is 125 Å². The molecule has 0 radical (unpaired) electrons. The predicted octanol–water partition coefficient (Wildman–Crippen LogP) is 7.36. The highest BCUT2D eigenvalue weighted by Gasteiger charge is 2.39. The Labute approximate surface area is 309 Å². The minimum atomic E-state index is -0.599. The second kappa shape index (κ2) is 30.9. The number of nitrogens with zero attached hydrogens (tertiary/aromatic N) is 4. The van der Waals surface area contributed by atoms with Gasteiger partial charge in [0, 0.05) is 39.1 Å². The Morgan fingerprint density at radius 2 is 1.14 bits per heavy atom. The molecular formula is C41H82N6O3. The Balaban J connectivity index is 2.61. The topological polar surface area (TPSA) is 102 Å². The van der Waals surface area contributed by atoms with Crippen LogP contribution in [0.15, 0.2) is 0 Å². The summed E-state index contributed by atoms with van der Waals surface area (Å²) >= 11 is 0. The van der Waals surface area contributed by atoms with Crippen molar-refractivity contribution in [2.45, 2.75) is 182 Å². The fourth-order valence-electron chi connectivity index (χ4n) is 7.31. The van der Waals surface area contributed by atoms with E-state index >= 15 is 0 Å². The summed E-state index contributed by atoms with van der Waals surface area (Å²) in [5, 5.41) is 3.09. The number of hydrogen-bond donors (Lipinski definition) is 2. The molecule has 1 fully saturated rings. The normalized spacial score (nSPS) is 15.3. The molecule has 0 aliphatic carbocycles. The first-order valence-electron chi connectivity index (χ1n) is 21.4. The van der Waals surface area contributed by atoms with Crippen molar-refractivity contribution < 1.29 is 14.4 Å². The first-order valence-corrected chi connectivity index (χ1v) is 21.4. The molecular weight excluding hydrogens is 624 g/mol. The number of unbranched alkanes of at least 4 members (excludes halogenated alkanes) is 15. The third kappa shape index (κ3) is 20.4. The van der Waals surface area contributed by atoms with Crippen LogP contribution in [0.1, 0.15) is 169 Å². The second-order valence-electron chi connectivity index (χ2n) is 14.7. The lowest BCUT2D eigenvalue weighted by Crippen LogP contribution is -2.55. The molecule has 2 unspecified atom stereocenters. The highest BCUT2D eigenvalue weighted by molar-refractivity contribution is 5.92. The molecule has 0 aromatic carbocycles. The molecule has 2 atom stereocenters. The van der Waals surface area contributed by atoms with Crippen molar-refractivity contribution in [3.63, 3.8) is 0 Å². The zero-order chi connectivity index (χ0) is 36.8. The van der Waals surface area contributed by atoms with Crippen molar-refractivity contribution in [3.8, 4) is 0 Å². The molecule has 1 aliphatic heterocycles. The molecule has 9 nitrogen and oxygen atoms in total. The van der Waals surface area contributed by atoms with Gasteiger partial charge in [-0.25, -0.2) is 0 Å². The van der Waals surface area contributed by atoms with Gasteiger partial charge in [-0.15, -0.1) is 0 Å². The molecule has 3 amide bonds. The lowest BCUT2D eigenvalue weighted by molar-refractivity contribution is -0.146. The zero-order valence-electron chi connectivity index (χ0n) is 33.7.